The molecule has 3 rings (SSSR count). The largest absolute Gasteiger partial charge is 0.457 e. The van der Waals surface area contributed by atoms with Crippen LogP contribution in [0.4, 0.5) is 5.69 Å². The molecule has 4 heteroatoms. The van der Waals surface area contributed by atoms with Crippen LogP contribution in [-0.4, -0.2) is 4.98 Å². The second-order valence-corrected chi connectivity index (χ2v) is 4.29. The van der Waals surface area contributed by atoms with Gasteiger partial charge in [-0.3, -0.25) is 4.98 Å². The molecule has 0 aliphatic carbocycles. The van der Waals surface area contributed by atoms with Gasteiger partial charge in [0.25, 0.3) is 0 Å². The lowest BCUT2D eigenvalue weighted by Crippen LogP contribution is -1.92. The lowest BCUT2D eigenvalue weighted by Gasteiger charge is -2.09. The molecule has 20 heavy (non-hydrogen) atoms. The molecule has 0 bridgehead atoms. The molecule has 3 aromatic rings. The number of hydrogen-bond donors (Lipinski definition) is 1. The smallest absolute Gasteiger partial charge is 0.138 e. The Balaban J connectivity index is 2.07. The fourth-order valence-electron chi connectivity index (χ4n) is 2.02. The van der Waals surface area contributed by atoms with Crippen LogP contribution in [0, 0.1) is 11.3 Å². The lowest BCUT2D eigenvalue weighted by molar-refractivity contribution is 0.488. The molecular weight excluding hydrogens is 250 g/mol. The van der Waals surface area contributed by atoms with E-state index in [0.717, 1.165) is 5.39 Å². The van der Waals surface area contributed by atoms with Crippen molar-refractivity contribution in [3.05, 3.63) is 60.3 Å². The zero-order chi connectivity index (χ0) is 13.9. The number of benzene rings is 2. The minimum Gasteiger partial charge on any atom is -0.457 e. The topological polar surface area (TPSA) is 71.9 Å². The molecule has 0 atom stereocenters. The third-order valence-corrected chi connectivity index (χ3v) is 2.95. The number of nitrogens with zero attached hydrogens (tertiary/aromatic N) is 2. The Bertz CT molecular complexity index is 821. The van der Waals surface area contributed by atoms with Crippen LogP contribution in [0.1, 0.15) is 5.56 Å². The van der Waals surface area contributed by atoms with E-state index >= 15 is 0 Å². The first kappa shape index (κ1) is 12.0. The van der Waals surface area contributed by atoms with Crippen LogP contribution < -0.4 is 10.5 Å². The Morgan fingerprint density at radius 2 is 1.95 bits per heavy atom. The van der Waals surface area contributed by atoms with Gasteiger partial charge in [0.1, 0.15) is 11.5 Å². The maximum Gasteiger partial charge on any atom is 0.138 e. The number of para-hydroxylation sites is 1. The third kappa shape index (κ3) is 2.13. The van der Waals surface area contributed by atoms with Gasteiger partial charge >= 0.3 is 0 Å². The molecule has 1 aromatic heterocycles. The monoisotopic (exact) mass is 261 g/mol. The maximum atomic E-state index is 8.90. The standard InChI is InChI=1S/C16H11N3O/c17-10-11-3-1-4-12(9-11)20-15-7-8-19-16-13(15)5-2-6-14(16)18/h1-9H,18H2. The van der Waals surface area contributed by atoms with Crippen LogP contribution in [0.2, 0.25) is 0 Å². The number of pyridine rings is 1. The van der Waals surface area contributed by atoms with Crippen molar-refractivity contribution < 1.29 is 4.74 Å². The number of ether oxygens (including phenoxy) is 1. The predicted molar refractivity (Wildman–Crippen MR) is 77.4 cm³/mol. The van der Waals surface area contributed by atoms with Gasteiger partial charge in [0.2, 0.25) is 0 Å². The summed E-state index contributed by atoms with van der Waals surface area (Å²) in [6, 6.07) is 16.4. The number of fused-ring (bicyclic) bond motifs is 1. The molecule has 0 aliphatic rings. The van der Waals surface area contributed by atoms with E-state index < -0.39 is 0 Å². The van der Waals surface area contributed by atoms with E-state index in [9.17, 15) is 0 Å². The number of nitriles is 1. The summed E-state index contributed by atoms with van der Waals surface area (Å²) in [6.07, 6.45) is 1.65. The average Bonchev–Trinajstić information content (AvgIpc) is 2.49. The molecule has 0 aliphatic heterocycles. The summed E-state index contributed by atoms with van der Waals surface area (Å²) in [5, 5.41) is 9.75. The van der Waals surface area contributed by atoms with Crippen molar-refractivity contribution in [3.63, 3.8) is 0 Å². The van der Waals surface area contributed by atoms with E-state index in [1.165, 1.54) is 0 Å². The van der Waals surface area contributed by atoms with Crippen LogP contribution >= 0.6 is 0 Å². The number of nitrogen functional groups attached to an aromatic ring is 1. The fourth-order valence-corrected chi connectivity index (χ4v) is 2.02. The van der Waals surface area contributed by atoms with Gasteiger partial charge < -0.3 is 10.5 Å². The zero-order valence-electron chi connectivity index (χ0n) is 10.6. The summed E-state index contributed by atoms with van der Waals surface area (Å²) in [6.45, 7) is 0. The van der Waals surface area contributed by atoms with Gasteiger partial charge in [0.05, 0.1) is 22.8 Å². The predicted octanol–water partition coefficient (Wildman–Crippen LogP) is 3.48. The maximum absolute atomic E-state index is 8.90. The van der Waals surface area contributed by atoms with Gasteiger partial charge in [-0.1, -0.05) is 12.1 Å². The van der Waals surface area contributed by atoms with E-state index in [0.29, 0.717) is 28.3 Å². The molecule has 96 valence electrons. The zero-order valence-corrected chi connectivity index (χ0v) is 10.6. The molecule has 0 amide bonds. The van der Waals surface area contributed by atoms with E-state index in [-0.39, 0.29) is 0 Å². The third-order valence-electron chi connectivity index (χ3n) is 2.95. The highest BCUT2D eigenvalue weighted by atomic mass is 16.5. The van der Waals surface area contributed by atoms with Gasteiger partial charge in [0.15, 0.2) is 0 Å². The van der Waals surface area contributed by atoms with E-state index in [1.807, 2.05) is 12.1 Å². The van der Waals surface area contributed by atoms with Gasteiger partial charge in [0, 0.05) is 11.6 Å². The Labute approximate surface area is 116 Å². The van der Waals surface area contributed by atoms with Crippen molar-refractivity contribution in [2.45, 2.75) is 0 Å². The van der Waals surface area contributed by atoms with Crippen molar-refractivity contribution in [1.29, 1.82) is 5.26 Å². The van der Waals surface area contributed by atoms with Crippen LogP contribution in [0.25, 0.3) is 10.9 Å². The number of rotatable bonds is 2. The highest BCUT2D eigenvalue weighted by molar-refractivity contribution is 5.93. The van der Waals surface area contributed by atoms with Crippen LogP contribution in [-0.2, 0) is 0 Å². The summed E-state index contributed by atoms with van der Waals surface area (Å²) in [4.78, 5) is 4.26. The summed E-state index contributed by atoms with van der Waals surface area (Å²) in [5.74, 6) is 1.27. The first-order valence-electron chi connectivity index (χ1n) is 6.09. The van der Waals surface area contributed by atoms with Crippen molar-refractivity contribution in [2.24, 2.45) is 0 Å². The fraction of sp³-hybridized carbons (Fsp3) is 0. The van der Waals surface area contributed by atoms with Gasteiger partial charge in [-0.15, -0.1) is 0 Å². The molecule has 0 saturated carbocycles. The molecule has 0 saturated heterocycles. The molecule has 1 heterocycles. The summed E-state index contributed by atoms with van der Waals surface area (Å²) < 4.78 is 5.84. The van der Waals surface area contributed by atoms with Crippen molar-refractivity contribution >= 4 is 16.6 Å². The van der Waals surface area contributed by atoms with Crippen LogP contribution in [0.5, 0.6) is 11.5 Å². The van der Waals surface area contributed by atoms with E-state index in [2.05, 4.69) is 11.1 Å². The summed E-state index contributed by atoms with van der Waals surface area (Å²) in [7, 11) is 0. The Morgan fingerprint density at radius 1 is 1.10 bits per heavy atom. The van der Waals surface area contributed by atoms with Crippen molar-refractivity contribution in [2.75, 3.05) is 5.73 Å². The molecule has 2 aromatic carbocycles. The second-order valence-electron chi connectivity index (χ2n) is 4.29. The molecule has 0 fully saturated rings. The second kappa shape index (κ2) is 4.90. The molecule has 0 unspecified atom stereocenters. The minimum atomic E-state index is 0.556. The molecule has 0 radical (unpaired) electrons. The number of anilines is 1. The van der Waals surface area contributed by atoms with E-state index in [4.69, 9.17) is 15.7 Å². The molecular formula is C16H11N3O. The number of hydrogen-bond acceptors (Lipinski definition) is 4. The normalized spacial score (nSPS) is 10.2. The minimum absolute atomic E-state index is 0.556. The highest BCUT2D eigenvalue weighted by Crippen LogP contribution is 2.31. The quantitative estimate of drug-likeness (QED) is 0.717. The first-order chi connectivity index (χ1) is 9.78. The van der Waals surface area contributed by atoms with Gasteiger partial charge in [-0.25, -0.2) is 0 Å². The Morgan fingerprint density at radius 3 is 2.80 bits per heavy atom. The highest BCUT2D eigenvalue weighted by Gasteiger charge is 2.06. The van der Waals surface area contributed by atoms with Gasteiger partial charge in [-0.2, -0.15) is 5.26 Å². The average molecular weight is 261 g/mol. The van der Waals surface area contributed by atoms with Crippen molar-refractivity contribution in [1.82, 2.24) is 4.98 Å². The Hall–Kier alpha value is -3.06. The van der Waals surface area contributed by atoms with Crippen LogP contribution in [0.3, 0.4) is 0 Å². The van der Waals surface area contributed by atoms with Crippen LogP contribution in [0.15, 0.2) is 54.7 Å². The van der Waals surface area contributed by atoms with E-state index in [1.54, 1.807) is 42.6 Å². The first-order valence-corrected chi connectivity index (χ1v) is 6.09. The van der Waals surface area contributed by atoms with Crippen molar-refractivity contribution in [3.8, 4) is 17.6 Å². The molecule has 0 spiro atoms. The van der Waals surface area contributed by atoms with Gasteiger partial charge in [-0.05, 0) is 36.4 Å². The lowest BCUT2D eigenvalue weighted by atomic mass is 10.2. The molecule has 4 nitrogen and oxygen atoms in total. The Kier molecular flexibility index (Phi) is 2.94. The SMILES string of the molecule is N#Cc1cccc(Oc2ccnc3c(N)cccc23)c1. The molecule has 2 N–H and O–H groups in total. The number of nitrogens with two attached hydrogens (primary N) is 1. The summed E-state index contributed by atoms with van der Waals surface area (Å²) in [5.41, 5.74) is 7.78. The summed E-state index contributed by atoms with van der Waals surface area (Å²) >= 11 is 0. The number of aromatic nitrogens is 1.